The third-order valence-electron chi connectivity index (χ3n) is 21.0. The number of likely N-dealkylation sites (tertiary alicyclic amines) is 1. The number of carbonyl (C=O) groups excluding carboxylic acids is 18. The van der Waals surface area contributed by atoms with Crippen molar-refractivity contribution in [2.24, 2.45) is 46.8 Å². The molecule has 0 unspecified atom stereocenters. The lowest BCUT2D eigenvalue weighted by Crippen LogP contribution is -2.62. The van der Waals surface area contributed by atoms with E-state index in [4.69, 9.17) is 36.1 Å². The molecule has 37 heteroatoms. The minimum Gasteiger partial charge on any atom is -0.497 e. The van der Waals surface area contributed by atoms with Gasteiger partial charge in [-0.1, -0.05) is 73.9 Å². The summed E-state index contributed by atoms with van der Waals surface area (Å²) in [4.78, 5) is 256. The molecule has 4 aliphatic heterocycles. The summed E-state index contributed by atoms with van der Waals surface area (Å²) in [5, 5.41) is 29.8. The van der Waals surface area contributed by atoms with Crippen LogP contribution in [0.15, 0.2) is 24.3 Å². The summed E-state index contributed by atoms with van der Waals surface area (Å²) in [6.45, 7) is 17.3. The number of nitrogens with two attached hydrogens (primary N) is 3. The van der Waals surface area contributed by atoms with E-state index in [9.17, 15) is 67.4 Å². The number of methoxy groups -OCH3 is 1. The van der Waals surface area contributed by atoms with Crippen LogP contribution in [0, 0.1) is 29.6 Å². The van der Waals surface area contributed by atoms with Gasteiger partial charge >= 0.3 is 17.9 Å². The minimum atomic E-state index is -1.93. The summed E-state index contributed by atoms with van der Waals surface area (Å²) in [5.74, 6) is -19.5. The lowest BCUT2D eigenvalue weighted by Gasteiger charge is -2.36. The highest BCUT2D eigenvalue weighted by atomic mass is 16.6. The van der Waals surface area contributed by atoms with Crippen LogP contribution in [0.3, 0.4) is 0 Å². The maximum atomic E-state index is 15.4. The molecule has 1 aromatic carbocycles. The van der Waals surface area contributed by atoms with Gasteiger partial charge in [0.2, 0.25) is 76.8 Å². The second-order valence-electron chi connectivity index (χ2n) is 31.2. The van der Waals surface area contributed by atoms with Crippen molar-refractivity contribution in [3.8, 4) is 5.75 Å². The minimum absolute atomic E-state index is 0.00320. The van der Waals surface area contributed by atoms with Crippen LogP contribution in [0.1, 0.15) is 184 Å². The number of cyclic esters (lactones) is 2. The number of aliphatic hydroxyl groups excluding tert-OH is 1. The Hall–Kier alpha value is -10.4. The molecule has 14 amide bonds. The zero-order valence-corrected chi connectivity index (χ0v) is 67.7. The fourth-order valence-electron chi connectivity index (χ4n) is 14.1. The Kier molecular flexibility index (Phi) is 36.2. The maximum absolute atomic E-state index is 15.4. The number of likely N-dealkylation sites (N-methyl/N-ethyl adjacent to an activating group) is 2. The highest BCUT2D eigenvalue weighted by Crippen LogP contribution is 2.29. The maximum Gasteiger partial charge on any atom is 0.329 e. The molecule has 4 heterocycles. The molecule has 4 fully saturated rings. The molecule has 0 radical (unpaired) electrons. The van der Waals surface area contributed by atoms with E-state index in [0.717, 1.165) is 21.6 Å². The topological polar surface area (TPSA) is 540 Å². The fraction of sp³-hybridized carbons (Fsp3) is 0.688. The number of fused-ring (bicyclic) bond motifs is 1. The van der Waals surface area contributed by atoms with Gasteiger partial charge in [0.25, 0.3) is 5.91 Å². The number of aliphatic hydroxyl groups is 1. The molecular weight excluding hydrogens is 1490 g/mol. The molecular formula is C77H118N14O23. The third-order valence-corrected chi connectivity index (χ3v) is 21.0. The Bertz CT molecular complexity index is 3670. The predicted molar refractivity (Wildman–Crippen MR) is 406 cm³/mol. The first-order chi connectivity index (χ1) is 53.5. The van der Waals surface area contributed by atoms with Crippen molar-refractivity contribution in [2.75, 3.05) is 34.3 Å². The van der Waals surface area contributed by atoms with Gasteiger partial charge in [0, 0.05) is 59.3 Å². The molecule has 1 aromatic rings. The smallest absolute Gasteiger partial charge is 0.329 e. The number of hydrogen-bond donors (Lipinski definition) is 11. The molecule has 14 N–H and O–H groups in total. The molecule has 634 valence electrons. The van der Waals surface area contributed by atoms with Crippen molar-refractivity contribution in [1.29, 1.82) is 0 Å². The van der Waals surface area contributed by atoms with Crippen LogP contribution in [0.2, 0.25) is 0 Å². The summed E-state index contributed by atoms with van der Waals surface area (Å²) >= 11 is 0. The summed E-state index contributed by atoms with van der Waals surface area (Å²) < 4.78 is 23.0. The first-order valence-corrected chi connectivity index (χ1v) is 39.1. The van der Waals surface area contributed by atoms with Gasteiger partial charge < -0.3 is 98.1 Å². The Balaban J connectivity index is 1.50. The van der Waals surface area contributed by atoms with E-state index in [-0.39, 0.29) is 83.2 Å². The number of ether oxygens (including phenoxy) is 4. The van der Waals surface area contributed by atoms with Gasteiger partial charge in [-0.15, -0.1) is 0 Å². The number of benzene rings is 1. The second kappa shape index (κ2) is 43.8. The third kappa shape index (κ3) is 26.9. The van der Waals surface area contributed by atoms with E-state index in [2.05, 4.69) is 37.2 Å². The van der Waals surface area contributed by atoms with E-state index in [1.54, 1.807) is 65.8 Å². The Labute approximate surface area is 663 Å². The normalized spacial score (nSPS) is 24.6. The molecule has 0 aromatic heterocycles. The number of nitrogens with one attached hydrogen (secondary N) is 7. The van der Waals surface area contributed by atoms with Crippen LogP contribution in [-0.4, -0.2) is 256 Å². The first-order valence-electron chi connectivity index (χ1n) is 39.1. The number of amides is 14. The van der Waals surface area contributed by atoms with Gasteiger partial charge in [0.05, 0.1) is 31.6 Å². The number of carbonyl (C=O) groups is 18. The second-order valence-corrected chi connectivity index (χ2v) is 31.2. The van der Waals surface area contributed by atoms with Gasteiger partial charge in [-0.2, -0.15) is 0 Å². The van der Waals surface area contributed by atoms with Crippen molar-refractivity contribution in [2.45, 2.75) is 276 Å². The first kappa shape index (κ1) is 94.2. The molecule has 0 aliphatic carbocycles. The van der Waals surface area contributed by atoms with Crippen LogP contribution < -0.4 is 59.2 Å². The molecule has 114 heavy (non-hydrogen) atoms. The van der Waals surface area contributed by atoms with Gasteiger partial charge in [0.1, 0.15) is 72.3 Å². The number of primary amides is 3. The number of nitrogens with zero attached hydrogens (tertiary/aromatic N) is 4. The number of esters is 3. The van der Waals surface area contributed by atoms with E-state index in [1.165, 1.54) is 40.0 Å². The lowest BCUT2D eigenvalue weighted by atomic mass is 9.91. The Morgan fingerprint density at radius 2 is 1.28 bits per heavy atom. The van der Waals surface area contributed by atoms with Crippen molar-refractivity contribution in [3.05, 3.63) is 29.8 Å². The largest absolute Gasteiger partial charge is 0.497 e. The summed E-state index contributed by atoms with van der Waals surface area (Å²) in [6, 6.07) is -9.61. The average Bonchev–Trinajstić information content (AvgIpc) is 1.46. The van der Waals surface area contributed by atoms with E-state index >= 15 is 24.0 Å². The highest BCUT2D eigenvalue weighted by molar-refractivity contribution is 6.05. The number of ketones is 1. The average molecular weight is 1610 g/mol. The van der Waals surface area contributed by atoms with Gasteiger partial charge in [-0.25, -0.2) is 9.59 Å². The Morgan fingerprint density at radius 1 is 0.702 bits per heavy atom. The van der Waals surface area contributed by atoms with Crippen LogP contribution in [0.4, 0.5) is 0 Å². The zero-order chi connectivity index (χ0) is 85.4. The van der Waals surface area contributed by atoms with Gasteiger partial charge in [-0.3, -0.25) is 76.7 Å². The molecule has 4 aliphatic rings. The van der Waals surface area contributed by atoms with E-state index in [0.29, 0.717) is 17.7 Å². The molecule has 0 bridgehead atoms. The lowest BCUT2D eigenvalue weighted by molar-refractivity contribution is -0.163. The highest BCUT2D eigenvalue weighted by Gasteiger charge is 2.47. The van der Waals surface area contributed by atoms with Crippen LogP contribution in [-0.2, 0) is 107 Å². The number of Topliss-reactive ketones (excluding diaryl/α,β-unsaturated/α-hetero) is 1. The van der Waals surface area contributed by atoms with Crippen molar-refractivity contribution < 1.29 is 110 Å². The van der Waals surface area contributed by atoms with Crippen LogP contribution >= 0.6 is 0 Å². The fourth-order valence-corrected chi connectivity index (χ4v) is 14.1. The standard InChI is InChI=1S/C77H118N14O23/c1-15-41(8)62-56(92)37-61(97)114-65(40(6)7)64(98)42(9)66(99)85-51(34-38(2)3)73(106)91-33-17-19-53(91)75(108)89(13)55(36-45-20-22-46(111-14)23-21-45)77(110)112-43(10)63(71(104)86-62)87-70(103)54(35-39(4)5)88(12)74(107)52-18-16-32-90(52)72(105)44(11)113-76(109)50(26-30-59(80)95)84-69(102)49(25-29-58(79)94)83-68(101)48(24-28-57(78)93)82-67(100)47-27-31-60(96)81-47/h20-23,38-44,47-56,62-63,65,92H,15-19,24-37H2,1-14H3,(H2,78,93)(H2,79,94)(H2,80,95)(H,81,96)(H,82,100)(H,83,101)(H,84,102)(H,85,99)(H,86,104)(H,87,103)/t41-,42-,43-,44-,47-,48-,49-,50-,51+,52-,53-,54+,55-,56+,62+,63+,65+/m0/s1. The van der Waals surface area contributed by atoms with Crippen molar-refractivity contribution in [3.63, 3.8) is 0 Å². The predicted octanol–water partition coefficient (Wildman–Crippen LogP) is -1.60. The summed E-state index contributed by atoms with van der Waals surface area (Å²) in [5.41, 5.74) is 16.7. The molecule has 0 saturated carbocycles. The molecule has 17 atom stereocenters. The Morgan fingerprint density at radius 3 is 1.82 bits per heavy atom. The van der Waals surface area contributed by atoms with Crippen molar-refractivity contribution in [1.82, 2.24) is 56.8 Å². The molecule has 0 spiro atoms. The van der Waals surface area contributed by atoms with Crippen LogP contribution in [0.25, 0.3) is 0 Å². The zero-order valence-electron chi connectivity index (χ0n) is 67.7. The van der Waals surface area contributed by atoms with Gasteiger partial charge in [0.15, 0.2) is 18.0 Å². The monoisotopic (exact) mass is 1610 g/mol. The SMILES string of the molecule is CC[C@H](C)[C@H]1NC(=O)[C@H](NC(=O)[C@@H](CC(C)C)N(C)C(=O)[C@@H]2CCCN2C(=O)[C@H](C)OC(=O)[C@H](CCC(N)=O)NC(=O)[C@H](CCC(N)=O)NC(=O)[C@H](CCC(N)=O)NC(=O)[C@@H]2CCC(=O)N2)[C@H](C)OC(=O)[C@H](Cc2ccc(OC)cc2)N(C)C(=O)[C@@H]2CCCN2C(=O)[C@@H](CC(C)C)NC(=O)[C@@H](C)C(=O)[C@@H](C(C)C)OC(=O)C[C@H]1O. The van der Waals surface area contributed by atoms with Gasteiger partial charge in [-0.05, 0) is 126 Å². The van der Waals surface area contributed by atoms with E-state index < -0.39 is 259 Å². The summed E-state index contributed by atoms with van der Waals surface area (Å²) in [6.07, 6.45) is -9.74. The molecule has 37 nitrogen and oxygen atoms in total. The van der Waals surface area contributed by atoms with Crippen molar-refractivity contribution >= 4 is 106 Å². The molecule has 4 saturated heterocycles. The number of hydrogen-bond acceptors (Lipinski definition) is 23. The summed E-state index contributed by atoms with van der Waals surface area (Å²) in [7, 11) is 4.08. The number of rotatable bonds is 32. The molecule has 5 rings (SSSR count). The van der Waals surface area contributed by atoms with Crippen LogP contribution in [0.5, 0.6) is 5.75 Å². The quantitative estimate of drug-likeness (QED) is 0.0220. The van der Waals surface area contributed by atoms with E-state index in [1.807, 2.05) is 13.8 Å².